The predicted octanol–water partition coefficient (Wildman–Crippen LogP) is 5.04. The van der Waals surface area contributed by atoms with Gasteiger partial charge in [0.25, 0.3) is 6.29 Å². The molecule has 6 atom stereocenters. The van der Waals surface area contributed by atoms with Crippen LogP contribution >= 0.6 is 0 Å². The van der Waals surface area contributed by atoms with Crippen LogP contribution in [0.1, 0.15) is 107 Å². The van der Waals surface area contributed by atoms with E-state index in [1.165, 1.54) is 24.3 Å². The molecule has 0 radical (unpaired) electrons. The molecule has 57 heavy (non-hydrogen) atoms. The summed E-state index contributed by atoms with van der Waals surface area (Å²) in [6.45, 7) is 15.8. The van der Waals surface area contributed by atoms with E-state index in [1.54, 1.807) is 86.6 Å². The number of rotatable bonds is 8. The first-order valence-electron chi connectivity index (χ1n) is 18.6. The molecule has 1 aliphatic carbocycles. The van der Waals surface area contributed by atoms with Crippen LogP contribution in [0.3, 0.4) is 0 Å². The molecule has 3 aliphatic heterocycles. The highest BCUT2D eigenvalue weighted by molar-refractivity contribution is 5.98. The topological polar surface area (TPSA) is 208 Å². The Kier molecular flexibility index (Phi) is 10.1. The average Bonchev–Trinajstić information content (AvgIpc) is 3.73. The van der Waals surface area contributed by atoms with E-state index in [-0.39, 0.29) is 30.6 Å². The SMILES string of the molecule is CC(C)(C)OC(=O)NCc1ccc(C(=O)OC2OC(=O)C(OC(=O)c3ccc(CNC(=O)OC(C)(C)C)cc3)C23C24CC(=O)OC2CC3(C(C)(C)C)OC4=O)cc1. The third-order valence-corrected chi connectivity index (χ3v) is 10.7. The van der Waals surface area contributed by atoms with Crippen molar-refractivity contribution in [1.29, 1.82) is 0 Å². The normalized spacial score (nSPS) is 27.5. The number of ether oxygens (including phenoxy) is 7. The molecule has 2 amide bonds. The van der Waals surface area contributed by atoms with E-state index in [4.69, 9.17) is 33.2 Å². The monoisotopic (exact) mass is 792 g/mol. The summed E-state index contributed by atoms with van der Waals surface area (Å²) >= 11 is 0. The Balaban J connectivity index is 1.30. The van der Waals surface area contributed by atoms with Crippen LogP contribution < -0.4 is 10.6 Å². The highest BCUT2D eigenvalue weighted by Crippen LogP contribution is 2.78. The number of hydrogen-bond acceptors (Lipinski definition) is 14. The van der Waals surface area contributed by atoms with Gasteiger partial charge in [0.15, 0.2) is 5.41 Å². The molecule has 2 spiro atoms. The Hall–Kier alpha value is -5.67. The van der Waals surface area contributed by atoms with Crippen molar-refractivity contribution >= 4 is 42.0 Å². The van der Waals surface area contributed by atoms with E-state index in [9.17, 15) is 33.6 Å². The minimum absolute atomic E-state index is 0.0101. The van der Waals surface area contributed by atoms with Gasteiger partial charge >= 0.3 is 42.0 Å². The number of amides is 2. The zero-order valence-electron chi connectivity index (χ0n) is 33.4. The van der Waals surface area contributed by atoms with E-state index in [0.717, 1.165) is 0 Å². The second-order valence-corrected chi connectivity index (χ2v) is 17.7. The van der Waals surface area contributed by atoms with E-state index in [0.29, 0.717) is 11.1 Å². The third kappa shape index (κ3) is 7.14. The molecule has 2 bridgehead atoms. The molecule has 6 rings (SSSR count). The highest BCUT2D eigenvalue weighted by atomic mass is 16.7. The Morgan fingerprint density at radius 1 is 0.702 bits per heavy atom. The van der Waals surface area contributed by atoms with Crippen molar-refractivity contribution < 1.29 is 66.7 Å². The first-order valence-corrected chi connectivity index (χ1v) is 18.6. The summed E-state index contributed by atoms with van der Waals surface area (Å²) < 4.78 is 40.2. The molecular formula is C41H48N2O14. The number of benzene rings is 2. The van der Waals surface area contributed by atoms with Gasteiger partial charge < -0.3 is 43.8 Å². The fraction of sp³-hybridized carbons (Fsp3) is 0.537. The van der Waals surface area contributed by atoms with Crippen molar-refractivity contribution in [1.82, 2.24) is 10.6 Å². The van der Waals surface area contributed by atoms with Gasteiger partial charge in [-0.05, 0) is 76.9 Å². The van der Waals surface area contributed by atoms with Crippen LogP contribution in [0.15, 0.2) is 48.5 Å². The van der Waals surface area contributed by atoms with Crippen molar-refractivity contribution in [3.63, 3.8) is 0 Å². The summed E-state index contributed by atoms with van der Waals surface area (Å²) in [5.74, 6) is -4.67. The van der Waals surface area contributed by atoms with E-state index < -0.39 is 100.0 Å². The maximum Gasteiger partial charge on any atom is 0.407 e. The van der Waals surface area contributed by atoms with E-state index in [2.05, 4.69) is 10.6 Å². The lowest BCUT2D eigenvalue weighted by Gasteiger charge is -2.49. The molecule has 3 saturated heterocycles. The summed E-state index contributed by atoms with van der Waals surface area (Å²) in [5, 5.41) is 5.27. The Morgan fingerprint density at radius 3 is 1.63 bits per heavy atom. The van der Waals surface area contributed by atoms with E-state index >= 15 is 0 Å². The molecule has 0 aromatic heterocycles. The lowest BCUT2D eigenvalue weighted by Crippen LogP contribution is -2.64. The number of alkyl carbamates (subject to hydrolysis) is 2. The fourth-order valence-corrected chi connectivity index (χ4v) is 8.40. The lowest BCUT2D eigenvalue weighted by atomic mass is 9.53. The van der Waals surface area contributed by atoms with Crippen LogP contribution in [0, 0.1) is 16.2 Å². The molecule has 2 aromatic rings. The average molecular weight is 793 g/mol. The standard InChI is InChI=1S/C41H48N2O14/c1-36(2,3)40-18-26-39(32(48)55-40,19-27(44)51-26)41(40)28(52-29(45)24-14-10-22(11-15-24)20-42-34(49)56-37(4,5)6)31(47)54-33(41)53-30(46)25-16-12-23(13-17-25)21-43-35(50)57-38(7,8)9/h10-17,26,28,33H,18-21H2,1-9H3,(H,42,49)(H,43,50). The summed E-state index contributed by atoms with van der Waals surface area (Å²) in [7, 11) is 0. The maximum atomic E-state index is 14.2. The number of hydrogen-bond donors (Lipinski definition) is 2. The number of cyclic esters (lactones) is 1. The maximum absolute atomic E-state index is 14.2. The largest absolute Gasteiger partial charge is 0.461 e. The van der Waals surface area contributed by atoms with Crippen LogP contribution in [-0.4, -0.2) is 77.3 Å². The predicted molar refractivity (Wildman–Crippen MR) is 196 cm³/mol. The first kappa shape index (κ1) is 41.0. The smallest absolute Gasteiger partial charge is 0.407 e. The number of carbonyl (C=O) groups excluding carboxylic acids is 7. The summed E-state index contributed by atoms with van der Waals surface area (Å²) in [5.41, 5.74) is -6.86. The lowest BCUT2D eigenvalue weighted by molar-refractivity contribution is -0.220. The Morgan fingerprint density at radius 2 is 1.18 bits per heavy atom. The van der Waals surface area contributed by atoms with Gasteiger partial charge in [-0.2, -0.15) is 0 Å². The summed E-state index contributed by atoms with van der Waals surface area (Å²) in [6.07, 6.45) is -6.79. The van der Waals surface area contributed by atoms with Crippen LogP contribution in [0.25, 0.3) is 0 Å². The van der Waals surface area contributed by atoms with Gasteiger partial charge in [-0.1, -0.05) is 45.0 Å². The molecule has 4 aliphatic rings. The summed E-state index contributed by atoms with van der Waals surface area (Å²) in [4.78, 5) is 93.3. The molecule has 2 aromatic carbocycles. The van der Waals surface area contributed by atoms with Crippen molar-refractivity contribution in [2.45, 2.75) is 124 Å². The van der Waals surface area contributed by atoms with Gasteiger partial charge in [0.1, 0.15) is 28.3 Å². The van der Waals surface area contributed by atoms with Crippen LogP contribution in [0.2, 0.25) is 0 Å². The quantitative estimate of drug-likeness (QED) is 0.266. The van der Waals surface area contributed by atoms with Gasteiger partial charge in [0.2, 0.25) is 6.10 Å². The molecule has 16 nitrogen and oxygen atoms in total. The zero-order chi connectivity index (χ0) is 41.9. The Labute approximate surface area is 329 Å². The van der Waals surface area contributed by atoms with Gasteiger partial charge in [-0.25, -0.2) is 24.0 Å². The minimum Gasteiger partial charge on any atom is -0.461 e. The molecule has 6 unspecified atom stereocenters. The number of nitrogens with one attached hydrogen (secondary N) is 2. The number of esters is 5. The first-order chi connectivity index (χ1) is 26.4. The van der Waals surface area contributed by atoms with Crippen LogP contribution in [0.5, 0.6) is 0 Å². The second-order valence-electron chi connectivity index (χ2n) is 17.7. The Bertz CT molecular complexity index is 1990. The highest BCUT2D eigenvalue weighted by Gasteiger charge is 2.96. The van der Waals surface area contributed by atoms with Crippen molar-refractivity contribution in [3.8, 4) is 0 Å². The van der Waals surface area contributed by atoms with Gasteiger partial charge in [-0.3, -0.25) is 9.59 Å². The molecule has 3 heterocycles. The van der Waals surface area contributed by atoms with Gasteiger partial charge in [-0.15, -0.1) is 0 Å². The van der Waals surface area contributed by atoms with Crippen LogP contribution in [0.4, 0.5) is 9.59 Å². The van der Waals surface area contributed by atoms with E-state index in [1.807, 2.05) is 0 Å². The molecule has 2 N–H and O–H groups in total. The number of carbonyl (C=O) groups is 7. The van der Waals surface area contributed by atoms with Gasteiger partial charge in [0, 0.05) is 24.9 Å². The zero-order valence-corrected chi connectivity index (χ0v) is 33.4. The molecule has 306 valence electrons. The fourth-order valence-electron chi connectivity index (χ4n) is 8.40. The minimum atomic E-state index is -2.08. The molecular weight excluding hydrogens is 744 g/mol. The van der Waals surface area contributed by atoms with Crippen molar-refractivity contribution in [2.24, 2.45) is 16.2 Å². The second kappa shape index (κ2) is 14.1. The van der Waals surface area contributed by atoms with Crippen molar-refractivity contribution in [3.05, 3.63) is 70.8 Å². The molecule has 16 heteroatoms. The van der Waals surface area contributed by atoms with Crippen LogP contribution in [-0.2, 0) is 60.6 Å². The third-order valence-electron chi connectivity index (χ3n) is 10.7. The molecule has 1 saturated carbocycles. The van der Waals surface area contributed by atoms with Crippen molar-refractivity contribution in [2.75, 3.05) is 0 Å². The van der Waals surface area contributed by atoms with Gasteiger partial charge in [0.05, 0.1) is 17.5 Å². The summed E-state index contributed by atoms with van der Waals surface area (Å²) in [6, 6.07) is 12.0. The molecule has 4 fully saturated rings.